The van der Waals surface area contributed by atoms with Crippen LogP contribution in [0.4, 0.5) is 5.69 Å². The van der Waals surface area contributed by atoms with Crippen molar-refractivity contribution in [3.63, 3.8) is 0 Å². The molecule has 1 heterocycles. The zero-order valence-electron chi connectivity index (χ0n) is 10.8. The smallest absolute Gasteiger partial charge is 0.143 e. The molecule has 18 heavy (non-hydrogen) atoms. The fourth-order valence-corrected chi connectivity index (χ4v) is 3.38. The second-order valence-corrected chi connectivity index (χ2v) is 5.56. The third kappa shape index (κ3) is 1.73. The molecule has 0 amide bonds. The van der Waals surface area contributed by atoms with Crippen molar-refractivity contribution in [1.82, 2.24) is 0 Å². The van der Waals surface area contributed by atoms with Gasteiger partial charge < -0.3 is 9.64 Å². The molecule has 1 aromatic rings. The molecular formula is C15H18N2O. The maximum absolute atomic E-state index is 8.91. The molecule has 0 atom stereocenters. The summed E-state index contributed by atoms with van der Waals surface area (Å²) in [6.07, 6.45) is 5.53. The summed E-state index contributed by atoms with van der Waals surface area (Å²) in [6, 6.07) is 7.87. The van der Waals surface area contributed by atoms with Crippen LogP contribution < -0.4 is 9.64 Å². The molecule has 2 aliphatic rings. The minimum Gasteiger partial charge on any atom is -0.495 e. The average molecular weight is 242 g/mol. The van der Waals surface area contributed by atoms with E-state index >= 15 is 0 Å². The van der Waals surface area contributed by atoms with Crippen LogP contribution in [0.15, 0.2) is 18.2 Å². The van der Waals surface area contributed by atoms with E-state index in [0.29, 0.717) is 11.0 Å². The zero-order valence-corrected chi connectivity index (χ0v) is 10.8. The molecule has 94 valence electrons. The van der Waals surface area contributed by atoms with Crippen molar-refractivity contribution in [2.75, 3.05) is 25.1 Å². The van der Waals surface area contributed by atoms with Crippen LogP contribution in [-0.2, 0) is 0 Å². The van der Waals surface area contributed by atoms with Gasteiger partial charge in [0.15, 0.2) is 0 Å². The van der Waals surface area contributed by atoms with Crippen LogP contribution in [0.2, 0.25) is 0 Å². The molecule has 0 aromatic heterocycles. The standard InChI is InChI=1S/C15H18N2O/c1-18-14-8-12(9-16)4-5-13(14)17-10-15(11-17)6-2-3-7-15/h4-5,8H,2-3,6-7,10-11H2,1H3. The Kier molecular flexibility index (Phi) is 2.66. The van der Waals surface area contributed by atoms with E-state index in [1.807, 2.05) is 18.2 Å². The van der Waals surface area contributed by atoms with Crippen LogP contribution in [0.1, 0.15) is 31.2 Å². The molecule has 3 heteroatoms. The van der Waals surface area contributed by atoms with Crippen LogP contribution in [0, 0.1) is 16.7 Å². The predicted molar refractivity (Wildman–Crippen MR) is 70.8 cm³/mol. The molecule has 0 radical (unpaired) electrons. The number of hydrogen-bond acceptors (Lipinski definition) is 3. The van der Waals surface area contributed by atoms with Crippen LogP contribution in [-0.4, -0.2) is 20.2 Å². The molecule has 1 saturated heterocycles. The number of rotatable bonds is 2. The Labute approximate surface area is 108 Å². The third-order valence-corrected chi connectivity index (χ3v) is 4.37. The molecule has 1 aliphatic carbocycles. The number of anilines is 1. The highest BCUT2D eigenvalue weighted by molar-refractivity contribution is 5.63. The number of ether oxygens (including phenoxy) is 1. The number of benzene rings is 1. The summed E-state index contributed by atoms with van der Waals surface area (Å²) < 4.78 is 5.40. The van der Waals surface area contributed by atoms with Crippen molar-refractivity contribution < 1.29 is 4.74 Å². The van der Waals surface area contributed by atoms with Gasteiger partial charge >= 0.3 is 0 Å². The van der Waals surface area contributed by atoms with Crippen LogP contribution >= 0.6 is 0 Å². The molecule has 1 saturated carbocycles. The van der Waals surface area contributed by atoms with E-state index in [-0.39, 0.29) is 0 Å². The molecule has 1 aromatic carbocycles. The lowest BCUT2D eigenvalue weighted by Crippen LogP contribution is -2.55. The molecular weight excluding hydrogens is 224 g/mol. The summed E-state index contributed by atoms with van der Waals surface area (Å²) in [6.45, 7) is 2.30. The first-order valence-electron chi connectivity index (χ1n) is 6.59. The van der Waals surface area contributed by atoms with E-state index < -0.39 is 0 Å². The molecule has 3 rings (SSSR count). The van der Waals surface area contributed by atoms with Gasteiger partial charge in [-0.05, 0) is 25.0 Å². The lowest BCUT2D eigenvalue weighted by atomic mass is 9.78. The van der Waals surface area contributed by atoms with Gasteiger partial charge in [0, 0.05) is 24.6 Å². The minimum atomic E-state index is 0.582. The van der Waals surface area contributed by atoms with Gasteiger partial charge in [-0.3, -0.25) is 0 Å². The van der Waals surface area contributed by atoms with Crippen LogP contribution in [0.3, 0.4) is 0 Å². The molecule has 0 unspecified atom stereocenters. The van der Waals surface area contributed by atoms with E-state index in [1.165, 1.54) is 25.7 Å². The lowest BCUT2D eigenvalue weighted by molar-refractivity contribution is 0.220. The molecule has 1 aliphatic heterocycles. The second-order valence-electron chi connectivity index (χ2n) is 5.56. The van der Waals surface area contributed by atoms with Gasteiger partial charge in [-0.15, -0.1) is 0 Å². The van der Waals surface area contributed by atoms with Gasteiger partial charge in [0.05, 0.1) is 24.4 Å². The highest BCUT2D eigenvalue weighted by atomic mass is 16.5. The van der Waals surface area contributed by atoms with Crippen molar-refractivity contribution >= 4 is 5.69 Å². The topological polar surface area (TPSA) is 36.3 Å². The molecule has 0 N–H and O–H groups in total. The van der Waals surface area contributed by atoms with Crippen LogP contribution in [0.25, 0.3) is 0 Å². The first kappa shape index (κ1) is 11.4. The Morgan fingerprint density at radius 3 is 2.61 bits per heavy atom. The van der Waals surface area contributed by atoms with Gasteiger partial charge in [-0.25, -0.2) is 0 Å². The van der Waals surface area contributed by atoms with Crippen molar-refractivity contribution in [2.24, 2.45) is 5.41 Å². The van der Waals surface area contributed by atoms with Gasteiger partial charge in [0.1, 0.15) is 5.75 Å². The van der Waals surface area contributed by atoms with Gasteiger partial charge in [0.2, 0.25) is 0 Å². The quantitative estimate of drug-likeness (QED) is 0.800. The number of methoxy groups -OCH3 is 1. The van der Waals surface area contributed by atoms with E-state index in [2.05, 4.69) is 11.0 Å². The average Bonchev–Trinajstić information content (AvgIpc) is 2.85. The van der Waals surface area contributed by atoms with E-state index in [0.717, 1.165) is 24.5 Å². The number of nitrogens with zero attached hydrogens (tertiary/aromatic N) is 2. The second kappa shape index (κ2) is 4.20. The summed E-state index contributed by atoms with van der Waals surface area (Å²) in [4.78, 5) is 2.38. The number of hydrogen-bond donors (Lipinski definition) is 0. The highest BCUT2D eigenvalue weighted by Crippen LogP contribution is 2.48. The number of nitriles is 1. The van der Waals surface area contributed by atoms with Gasteiger partial charge in [-0.2, -0.15) is 5.26 Å². The molecule has 2 fully saturated rings. The van der Waals surface area contributed by atoms with Crippen molar-refractivity contribution in [3.8, 4) is 11.8 Å². The normalized spacial score (nSPS) is 20.6. The Morgan fingerprint density at radius 1 is 1.28 bits per heavy atom. The summed E-state index contributed by atoms with van der Waals surface area (Å²) in [5, 5.41) is 8.91. The summed E-state index contributed by atoms with van der Waals surface area (Å²) in [5.74, 6) is 0.821. The molecule has 0 bridgehead atoms. The van der Waals surface area contributed by atoms with Crippen LogP contribution in [0.5, 0.6) is 5.75 Å². The first-order chi connectivity index (χ1) is 8.76. The Hall–Kier alpha value is -1.69. The van der Waals surface area contributed by atoms with Crippen molar-refractivity contribution in [1.29, 1.82) is 5.26 Å². The van der Waals surface area contributed by atoms with Gasteiger partial charge in [0.25, 0.3) is 0 Å². The molecule has 3 nitrogen and oxygen atoms in total. The Morgan fingerprint density at radius 2 is 2.00 bits per heavy atom. The maximum Gasteiger partial charge on any atom is 0.143 e. The van der Waals surface area contributed by atoms with Crippen molar-refractivity contribution in [3.05, 3.63) is 23.8 Å². The summed E-state index contributed by atoms with van der Waals surface area (Å²) >= 11 is 0. The summed E-state index contributed by atoms with van der Waals surface area (Å²) in [7, 11) is 1.67. The minimum absolute atomic E-state index is 0.582. The van der Waals surface area contributed by atoms with Crippen molar-refractivity contribution in [2.45, 2.75) is 25.7 Å². The molecule has 1 spiro atoms. The van der Waals surface area contributed by atoms with E-state index in [9.17, 15) is 0 Å². The monoisotopic (exact) mass is 242 g/mol. The SMILES string of the molecule is COc1cc(C#N)ccc1N1CC2(CCCC2)C1. The zero-order chi connectivity index (χ0) is 12.6. The maximum atomic E-state index is 8.91. The highest BCUT2D eigenvalue weighted by Gasteiger charge is 2.45. The Bertz CT molecular complexity index is 490. The van der Waals surface area contributed by atoms with Gasteiger partial charge in [-0.1, -0.05) is 12.8 Å². The lowest BCUT2D eigenvalue weighted by Gasteiger charge is -2.50. The Balaban J connectivity index is 1.80. The predicted octanol–water partition coefficient (Wildman–Crippen LogP) is 2.95. The fourth-order valence-electron chi connectivity index (χ4n) is 3.38. The van der Waals surface area contributed by atoms with E-state index in [4.69, 9.17) is 10.00 Å². The third-order valence-electron chi connectivity index (χ3n) is 4.37. The largest absolute Gasteiger partial charge is 0.495 e. The fraction of sp³-hybridized carbons (Fsp3) is 0.533. The van der Waals surface area contributed by atoms with E-state index in [1.54, 1.807) is 7.11 Å². The first-order valence-corrected chi connectivity index (χ1v) is 6.59. The summed E-state index contributed by atoms with van der Waals surface area (Å²) in [5.41, 5.74) is 2.37.